The summed E-state index contributed by atoms with van der Waals surface area (Å²) in [5.41, 5.74) is 2.30. The summed E-state index contributed by atoms with van der Waals surface area (Å²) in [5, 5.41) is 0.855. The Kier molecular flexibility index (Phi) is 3.17. The van der Waals surface area contributed by atoms with Crippen molar-refractivity contribution in [2.75, 3.05) is 6.61 Å². The lowest BCUT2D eigenvalue weighted by atomic mass is 10.2. The number of hydrogen-bond acceptors (Lipinski definition) is 3. The van der Waals surface area contributed by atoms with E-state index in [2.05, 4.69) is 5.48 Å². The maximum Gasteiger partial charge on any atom is 0.284 e. The molecule has 1 aromatic heterocycles. The molecule has 1 amide bonds. The minimum atomic E-state index is -0.302. The van der Waals surface area contributed by atoms with E-state index in [1.165, 1.54) is 23.5 Å². The lowest BCUT2D eigenvalue weighted by Crippen LogP contribution is -2.22. The van der Waals surface area contributed by atoms with Gasteiger partial charge in [0.15, 0.2) is 0 Å². The van der Waals surface area contributed by atoms with Gasteiger partial charge in [0.2, 0.25) is 0 Å². The van der Waals surface area contributed by atoms with Crippen molar-refractivity contribution < 1.29 is 14.0 Å². The van der Waals surface area contributed by atoms with Crippen molar-refractivity contribution >= 4 is 27.3 Å². The molecule has 0 aliphatic carbocycles. The van der Waals surface area contributed by atoms with Gasteiger partial charge in [0.25, 0.3) is 5.91 Å². The summed E-state index contributed by atoms with van der Waals surface area (Å²) in [6.07, 6.45) is 0. The summed E-state index contributed by atoms with van der Waals surface area (Å²) in [6, 6.07) is 6.16. The van der Waals surface area contributed by atoms with E-state index in [0.29, 0.717) is 11.5 Å². The highest BCUT2D eigenvalue weighted by Crippen LogP contribution is 2.26. The summed E-state index contributed by atoms with van der Waals surface area (Å²) in [5.74, 6) is -0.602. The van der Waals surface area contributed by atoms with Gasteiger partial charge < -0.3 is 0 Å². The van der Waals surface area contributed by atoms with Gasteiger partial charge in [-0.05, 0) is 30.5 Å². The number of hydrogen-bond donors (Lipinski definition) is 1. The largest absolute Gasteiger partial charge is 0.284 e. The number of amides is 1. The van der Waals surface area contributed by atoms with Crippen LogP contribution in [0.3, 0.4) is 0 Å². The molecule has 2 aromatic rings. The smallest absolute Gasteiger partial charge is 0.274 e. The average Bonchev–Trinajstić information content (AvgIpc) is 2.68. The van der Waals surface area contributed by atoms with Crippen molar-refractivity contribution in [3.8, 4) is 0 Å². The number of carbonyl (C=O) groups is 1. The minimum absolute atomic E-state index is 0.300. The Balaban J connectivity index is 2.28. The number of benzene rings is 1. The molecular formula is C11H10FNO2S. The molecule has 0 atom stereocenters. The summed E-state index contributed by atoms with van der Waals surface area (Å²) in [4.78, 5) is 16.8. The molecule has 0 bridgehead atoms. The molecule has 1 aromatic carbocycles. The number of hydroxylamine groups is 1. The lowest BCUT2D eigenvalue weighted by molar-refractivity contribution is 0.0368. The molecule has 0 spiro atoms. The normalized spacial score (nSPS) is 10.6. The van der Waals surface area contributed by atoms with Crippen molar-refractivity contribution in [1.82, 2.24) is 5.48 Å². The summed E-state index contributed by atoms with van der Waals surface area (Å²) in [7, 11) is 0. The zero-order valence-electron chi connectivity index (χ0n) is 8.62. The number of halogens is 1. The molecule has 16 heavy (non-hydrogen) atoms. The number of fused-ring (bicyclic) bond motifs is 1. The van der Waals surface area contributed by atoms with Crippen LogP contribution in [0.1, 0.15) is 16.6 Å². The Hall–Kier alpha value is -1.46. The number of thiophene rings is 1. The molecule has 1 heterocycles. The highest BCUT2D eigenvalue weighted by atomic mass is 32.1. The standard InChI is InChI=1S/C11H10FNO2S/c1-2-15-13-11(14)10-5-7-3-4-8(12)6-9(7)16-10/h3-6H,2H2,1H3,(H,13,14). The first kappa shape index (κ1) is 11.0. The first-order chi connectivity index (χ1) is 7.70. The first-order valence-electron chi connectivity index (χ1n) is 4.82. The highest BCUT2D eigenvalue weighted by Gasteiger charge is 2.10. The summed E-state index contributed by atoms with van der Waals surface area (Å²) in [6.45, 7) is 2.19. The van der Waals surface area contributed by atoms with Gasteiger partial charge in [0.1, 0.15) is 5.82 Å². The molecule has 0 unspecified atom stereocenters. The van der Waals surface area contributed by atoms with Crippen molar-refractivity contribution in [2.45, 2.75) is 6.92 Å². The van der Waals surface area contributed by atoms with Crippen molar-refractivity contribution in [3.05, 3.63) is 35.0 Å². The second-order valence-corrected chi connectivity index (χ2v) is 4.24. The van der Waals surface area contributed by atoms with Crippen LogP contribution in [0, 0.1) is 5.82 Å². The van der Waals surface area contributed by atoms with Gasteiger partial charge in [-0.2, -0.15) is 0 Å². The predicted molar refractivity (Wildman–Crippen MR) is 60.9 cm³/mol. The Bertz CT molecular complexity index is 524. The topological polar surface area (TPSA) is 38.3 Å². The van der Waals surface area contributed by atoms with E-state index < -0.39 is 0 Å². The van der Waals surface area contributed by atoms with Crippen molar-refractivity contribution in [3.63, 3.8) is 0 Å². The van der Waals surface area contributed by atoms with Crippen LogP contribution in [0.5, 0.6) is 0 Å². The van der Waals surface area contributed by atoms with Gasteiger partial charge in [0.05, 0.1) is 11.5 Å². The predicted octanol–water partition coefficient (Wildman–Crippen LogP) is 2.72. The highest BCUT2D eigenvalue weighted by molar-refractivity contribution is 7.20. The van der Waals surface area contributed by atoms with E-state index in [4.69, 9.17) is 4.84 Å². The molecule has 5 heteroatoms. The zero-order chi connectivity index (χ0) is 11.5. The molecule has 0 aliphatic heterocycles. The maximum atomic E-state index is 12.9. The van der Waals surface area contributed by atoms with Gasteiger partial charge in [-0.15, -0.1) is 11.3 Å². The van der Waals surface area contributed by atoms with E-state index in [-0.39, 0.29) is 11.7 Å². The van der Waals surface area contributed by atoms with E-state index in [0.717, 1.165) is 10.1 Å². The number of rotatable bonds is 3. The third kappa shape index (κ3) is 2.20. The van der Waals surface area contributed by atoms with Gasteiger partial charge in [-0.1, -0.05) is 6.07 Å². The second kappa shape index (κ2) is 4.59. The minimum Gasteiger partial charge on any atom is -0.274 e. The molecule has 0 saturated carbocycles. The van der Waals surface area contributed by atoms with Crippen LogP contribution in [0.2, 0.25) is 0 Å². The van der Waals surface area contributed by atoms with Crippen molar-refractivity contribution in [2.24, 2.45) is 0 Å². The molecule has 2 rings (SSSR count). The van der Waals surface area contributed by atoms with Crippen LogP contribution in [0.15, 0.2) is 24.3 Å². The van der Waals surface area contributed by atoms with E-state index in [9.17, 15) is 9.18 Å². The first-order valence-corrected chi connectivity index (χ1v) is 5.63. The van der Waals surface area contributed by atoms with Crippen LogP contribution < -0.4 is 5.48 Å². The Morgan fingerprint density at radius 2 is 2.31 bits per heavy atom. The van der Waals surface area contributed by atoms with Gasteiger partial charge in [0, 0.05) is 4.70 Å². The molecule has 0 radical (unpaired) electrons. The molecule has 3 nitrogen and oxygen atoms in total. The van der Waals surface area contributed by atoms with E-state index in [1.54, 1.807) is 19.1 Å². The molecule has 0 saturated heterocycles. The molecule has 0 fully saturated rings. The van der Waals surface area contributed by atoms with Crippen LogP contribution in [-0.2, 0) is 4.84 Å². The second-order valence-electron chi connectivity index (χ2n) is 3.16. The SMILES string of the molecule is CCONC(=O)c1cc2ccc(F)cc2s1. The number of nitrogens with one attached hydrogen (secondary N) is 1. The van der Waals surface area contributed by atoms with Crippen molar-refractivity contribution in [1.29, 1.82) is 0 Å². The van der Waals surface area contributed by atoms with Gasteiger partial charge >= 0.3 is 0 Å². The van der Waals surface area contributed by atoms with Gasteiger partial charge in [-0.25, -0.2) is 9.87 Å². The average molecular weight is 239 g/mol. The Morgan fingerprint density at radius 3 is 3.06 bits per heavy atom. The van der Waals surface area contributed by atoms with Crippen LogP contribution in [0.4, 0.5) is 4.39 Å². The third-order valence-corrected chi connectivity index (χ3v) is 3.11. The monoisotopic (exact) mass is 239 g/mol. The fourth-order valence-electron chi connectivity index (χ4n) is 1.30. The molecule has 1 N–H and O–H groups in total. The third-order valence-electron chi connectivity index (χ3n) is 2.02. The fraction of sp³-hybridized carbons (Fsp3) is 0.182. The van der Waals surface area contributed by atoms with E-state index >= 15 is 0 Å². The molecule has 84 valence electrons. The zero-order valence-corrected chi connectivity index (χ0v) is 9.44. The molecule has 0 aliphatic rings. The summed E-state index contributed by atoms with van der Waals surface area (Å²) < 4.78 is 13.7. The maximum absolute atomic E-state index is 12.9. The number of carbonyl (C=O) groups excluding carboxylic acids is 1. The van der Waals surface area contributed by atoms with Crippen LogP contribution in [0.25, 0.3) is 10.1 Å². The Morgan fingerprint density at radius 1 is 1.50 bits per heavy atom. The quantitative estimate of drug-likeness (QED) is 0.836. The molecular weight excluding hydrogens is 229 g/mol. The van der Waals surface area contributed by atoms with Crippen LogP contribution in [-0.4, -0.2) is 12.5 Å². The van der Waals surface area contributed by atoms with Crippen LogP contribution >= 0.6 is 11.3 Å². The van der Waals surface area contributed by atoms with Gasteiger partial charge in [-0.3, -0.25) is 9.63 Å². The fourth-order valence-corrected chi connectivity index (χ4v) is 2.28. The lowest BCUT2D eigenvalue weighted by Gasteiger charge is -1.99. The summed E-state index contributed by atoms with van der Waals surface area (Å²) >= 11 is 1.24. The Labute approximate surface area is 95.8 Å². The van der Waals surface area contributed by atoms with E-state index in [1.807, 2.05) is 0 Å².